The maximum atomic E-state index is 14.8. The van der Waals surface area contributed by atoms with Crippen LogP contribution in [0.4, 0.5) is 29.3 Å². The Morgan fingerprint density at radius 1 is 1.33 bits per heavy atom. The topological polar surface area (TPSA) is 124 Å². The smallest absolute Gasteiger partial charge is 0.414 e. The fraction of sp³-hybridized carbons (Fsp3) is 0.471. The lowest BCUT2D eigenvalue weighted by atomic mass is 10.2. The third-order valence-corrected chi connectivity index (χ3v) is 4.61. The zero-order valence-corrected chi connectivity index (χ0v) is 15.8. The summed E-state index contributed by atoms with van der Waals surface area (Å²) in [5.41, 5.74) is 5.93. The minimum atomic E-state index is -3.16. The minimum Gasteiger partial charge on any atom is -0.442 e. The number of hydrogen-bond acceptors (Lipinski definition) is 6. The van der Waals surface area contributed by atoms with Crippen molar-refractivity contribution in [3.8, 4) is 0 Å². The Kier molecular flexibility index (Phi) is 6.50. The van der Waals surface area contributed by atoms with Crippen molar-refractivity contribution in [3.63, 3.8) is 0 Å². The molecule has 0 radical (unpaired) electrons. The lowest BCUT2D eigenvalue weighted by Crippen LogP contribution is -2.38. The Balaban J connectivity index is 1.64. The predicted molar refractivity (Wildman–Crippen MR) is 99.8 cm³/mol. The van der Waals surface area contributed by atoms with Gasteiger partial charge in [0.25, 0.3) is 5.91 Å². The van der Waals surface area contributed by atoms with Crippen LogP contribution in [0.15, 0.2) is 18.2 Å². The zero-order chi connectivity index (χ0) is 21.8. The van der Waals surface area contributed by atoms with Crippen LogP contribution in [0, 0.1) is 11.2 Å². The van der Waals surface area contributed by atoms with E-state index in [1.54, 1.807) is 4.90 Å². The van der Waals surface area contributed by atoms with Crippen molar-refractivity contribution >= 4 is 29.3 Å². The van der Waals surface area contributed by atoms with E-state index in [0.717, 1.165) is 4.90 Å². The third-order valence-electron chi connectivity index (χ3n) is 4.61. The Bertz CT molecular complexity index is 827. The molecular formula is C17H21F3N6O4. The SMILES string of the molecule is N=C(N)N1CCN(c2ccc(N3C[C@H](CNC(=O)C(F)F)OC3=O)cc2F)CCO1. The molecule has 2 heterocycles. The number of guanidine groups is 1. The van der Waals surface area contributed by atoms with Crippen LogP contribution in [-0.2, 0) is 14.4 Å². The molecule has 0 saturated carbocycles. The summed E-state index contributed by atoms with van der Waals surface area (Å²) < 4.78 is 44.3. The van der Waals surface area contributed by atoms with E-state index in [2.05, 4.69) is 0 Å². The van der Waals surface area contributed by atoms with Gasteiger partial charge in [-0.1, -0.05) is 0 Å². The molecule has 164 valence electrons. The molecule has 2 amide bonds. The first-order chi connectivity index (χ1) is 14.3. The molecule has 2 aliphatic rings. The molecule has 0 bridgehead atoms. The second-order valence-electron chi connectivity index (χ2n) is 6.61. The van der Waals surface area contributed by atoms with Gasteiger partial charge in [-0.15, -0.1) is 0 Å². The van der Waals surface area contributed by atoms with Gasteiger partial charge in [0.15, 0.2) is 0 Å². The van der Waals surface area contributed by atoms with Crippen LogP contribution < -0.4 is 20.9 Å². The second kappa shape index (κ2) is 9.07. The van der Waals surface area contributed by atoms with Crippen LogP contribution >= 0.6 is 0 Å². The average molecular weight is 430 g/mol. The van der Waals surface area contributed by atoms with E-state index in [4.69, 9.17) is 20.7 Å². The normalized spacial score (nSPS) is 19.7. The highest BCUT2D eigenvalue weighted by Gasteiger charge is 2.33. The van der Waals surface area contributed by atoms with E-state index in [-0.39, 0.29) is 37.9 Å². The Morgan fingerprint density at radius 2 is 2.10 bits per heavy atom. The number of nitrogens with one attached hydrogen (secondary N) is 2. The molecule has 2 fully saturated rings. The van der Waals surface area contributed by atoms with Crippen LogP contribution in [0.25, 0.3) is 0 Å². The van der Waals surface area contributed by atoms with Crippen molar-refractivity contribution in [3.05, 3.63) is 24.0 Å². The number of rotatable bonds is 5. The lowest BCUT2D eigenvalue weighted by molar-refractivity contribution is -0.132. The molecule has 13 heteroatoms. The summed E-state index contributed by atoms with van der Waals surface area (Å²) in [6.07, 6.45) is -4.76. The van der Waals surface area contributed by atoms with E-state index in [1.807, 2.05) is 5.32 Å². The highest BCUT2D eigenvalue weighted by atomic mass is 19.3. The number of anilines is 2. The lowest BCUT2D eigenvalue weighted by Gasteiger charge is -2.23. The molecule has 2 saturated heterocycles. The van der Waals surface area contributed by atoms with Gasteiger partial charge < -0.3 is 20.7 Å². The number of amides is 2. The van der Waals surface area contributed by atoms with Crippen LogP contribution in [-0.4, -0.2) is 74.9 Å². The molecular weight excluding hydrogens is 409 g/mol. The van der Waals surface area contributed by atoms with E-state index in [9.17, 15) is 22.8 Å². The van der Waals surface area contributed by atoms with E-state index < -0.39 is 30.3 Å². The van der Waals surface area contributed by atoms with Crippen molar-refractivity contribution in [2.24, 2.45) is 5.73 Å². The van der Waals surface area contributed by atoms with Gasteiger partial charge in [-0.2, -0.15) is 8.78 Å². The van der Waals surface area contributed by atoms with Crippen molar-refractivity contribution < 1.29 is 32.3 Å². The quantitative estimate of drug-likeness (QED) is 0.459. The number of hydroxylamine groups is 2. The number of cyclic esters (lactones) is 1. The number of benzene rings is 1. The van der Waals surface area contributed by atoms with Crippen molar-refractivity contribution in [2.45, 2.75) is 12.5 Å². The number of nitrogens with zero attached hydrogens (tertiary/aromatic N) is 3. The number of halogens is 3. The van der Waals surface area contributed by atoms with Crippen molar-refractivity contribution in [1.82, 2.24) is 10.4 Å². The molecule has 4 N–H and O–H groups in total. The first kappa shape index (κ1) is 21.5. The van der Waals surface area contributed by atoms with Crippen LogP contribution in [0.2, 0.25) is 0 Å². The van der Waals surface area contributed by atoms with E-state index >= 15 is 0 Å². The maximum Gasteiger partial charge on any atom is 0.414 e. The van der Waals surface area contributed by atoms with Gasteiger partial charge in [-0.3, -0.25) is 19.9 Å². The molecule has 1 atom stereocenters. The van der Waals surface area contributed by atoms with Crippen molar-refractivity contribution in [1.29, 1.82) is 5.41 Å². The van der Waals surface area contributed by atoms with Gasteiger partial charge in [0, 0.05) is 13.1 Å². The Hall–Kier alpha value is -3.22. The van der Waals surface area contributed by atoms with Crippen molar-refractivity contribution in [2.75, 3.05) is 49.1 Å². The fourth-order valence-corrected chi connectivity index (χ4v) is 3.13. The van der Waals surface area contributed by atoms with Gasteiger partial charge in [0.05, 0.1) is 37.6 Å². The monoisotopic (exact) mass is 430 g/mol. The summed E-state index contributed by atoms with van der Waals surface area (Å²) in [6.45, 7) is 0.941. The summed E-state index contributed by atoms with van der Waals surface area (Å²) in [7, 11) is 0. The molecule has 1 aromatic carbocycles. The van der Waals surface area contributed by atoms with E-state index in [1.165, 1.54) is 23.3 Å². The average Bonchev–Trinajstić information content (AvgIpc) is 2.90. The molecule has 0 unspecified atom stereocenters. The predicted octanol–water partition coefficient (Wildman–Crippen LogP) is 0.479. The fourth-order valence-electron chi connectivity index (χ4n) is 3.13. The first-order valence-corrected chi connectivity index (χ1v) is 9.09. The number of carbonyl (C=O) groups excluding carboxylic acids is 2. The van der Waals surface area contributed by atoms with Gasteiger partial charge in [-0.05, 0) is 18.2 Å². The molecule has 0 aromatic heterocycles. The van der Waals surface area contributed by atoms with Crippen LogP contribution in [0.1, 0.15) is 0 Å². The Morgan fingerprint density at radius 3 is 2.77 bits per heavy atom. The molecule has 3 rings (SSSR count). The zero-order valence-electron chi connectivity index (χ0n) is 15.8. The number of nitrogens with two attached hydrogens (primary N) is 1. The molecule has 30 heavy (non-hydrogen) atoms. The number of carbonyl (C=O) groups is 2. The molecule has 2 aliphatic heterocycles. The third kappa shape index (κ3) is 4.84. The molecule has 0 aliphatic carbocycles. The van der Waals surface area contributed by atoms with Gasteiger partial charge in [0.1, 0.15) is 11.9 Å². The summed E-state index contributed by atoms with van der Waals surface area (Å²) in [5, 5.41) is 10.6. The van der Waals surface area contributed by atoms with E-state index in [0.29, 0.717) is 18.8 Å². The van der Waals surface area contributed by atoms with Gasteiger partial charge in [-0.25, -0.2) is 14.2 Å². The Labute approximate surface area is 169 Å². The maximum absolute atomic E-state index is 14.8. The van der Waals surface area contributed by atoms with Crippen LogP contribution in [0.3, 0.4) is 0 Å². The highest BCUT2D eigenvalue weighted by Crippen LogP contribution is 2.28. The van der Waals surface area contributed by atoms with Gasteiger partial charge in [0.2, 0.25) is 5.96 Å². The first-order valence-electron chi connectivity index (χ1n) is 9.09. The summed E-state index contributed by atoms with van der Waals surface area (Å²) in [4.78, 5) is 31.2. The second-order valence-corrected chi connectivity index (χ2v) is 6.61. The molecule has 10 nitrogen and oxygen atoms in total. The van der Waals surface area contributed by atoms with Crippen LogP contribution in [0.5, 0.6) is 0 Å². The summed E-state index contributed by atoms with van der Waals surface area (Å²) >= 11 is 0. The largest absolute Gasteiger partial charge is 0.442 e. The number of alkyl halides is 2. The number of ether oxygens (including phenoxy) is 1. The van der Waals surface area contributed by atoms with Gasteiger partial charge >= 0.3 is 12.5 Å². The standard InChI is InChI=1S/C17H21F3N6O4/c18-12-7-10(25-9-11(30-17(25)28)8-23-15(27)14(19)20)1-2-13(12)24-3-4-26(16(21)22)29-6-5-24/h1-2,7,11,14H,3-6,8-9H2,(H3,21,22)(H,23,27)/t11-/m0/s1. The summed E-state index contributed by atoms with van der Waals surface area (Å²) in [5.74, 6) is -2.27. The molecule has 0 spiro atoms. The minimum absolute atomic E-state index is 0.0216. The number of hydrogen-bond donors (Lipinski definition) is 3. The summed E-state index contributed by atoms with van der Waals surface area (Å²) in [6, 6.07) is 4.22. The highest BCUT2D eigenvalue weighted by molar-refractivity contribution is 5.90. The molecule has 1 aromatic rings.